The highest BCUT2D eigenvalue weighted by Gasteiger charge is 2.18. The summed E-state index contributed by atoms with van der Waals surface area (Å²) in [7, 11) is 0. The van der Waals surface area contributed by atoms with Crippen molar-refractivity contribution in [2.45, 2.75) is 97.8 Å². The molecule has 192 valence electrons. The number of anilines is 1. The molecule has 0 bridgehead atoms. The summed E-state index contributed by atoms with van der Waals surface area (Å²) < 4.78 is 6.12. The van der Waals surface area contributed by atoms with Gasteiger partial charge in [-0.05, 0) is 49.6 Å². The molecule has 0 aliphatic carbocycles. The van der Waals surface area contributed by atoms with Crippen molar-refractivity contribution in [3.05, 3.63) is 58.7 Å². The lowest BCUT2D eigenvalue weighted by Crippen LogP contribution is -2.17. The van der Waals surface area contributed by atoms with Crippen LogP contribution in [0.2, 0.25) is 0 Å². The zero-order valence-corrected chi connectivity index (χ0v) is 21.8. The van der Waals surface area contributed by atoms with Gasteiger partial charge in [-0.1, -0.05) is 95.8 Å². The lowest BCUT2D eigenvalue weighted by molar-refractivity contribution is 0.0692. The molecule has 0 saturated carbocycles. The van der Waals surface area contributed by atoms with Gasteiger partial charge in [0.15, 0.2) is 0 Å². The number of benzene rings is 2. The molecular weight excluding hydrogens is 438 g/mol. The topological polar surface area (TPSA) is 75.6 Å². The van der Waals surface area contributed by atoms with Crippen molar-refractivity contribution in [3.63, 3.8) is 0 Å². The van der Waals surface area contributed by atoms with Gasteiger partial charge in [-0.3, -0.25) is 4.79 Å². The predicted molar refractivity (Wildman–Crippen MR) is 144 cm³/mol. The van der Waals surface area contributed by atoms with Crippen LogP contribution in [0.5, 0.6) is 5.75 Å². The molecule has 2 aromatic carbocycles. The first kappa shape index (κ1) is 28.4. The SMILES string of the molecule is CCCCCCCCCCCCCCOc1c(NC(=O)c2ccccc2C(=O)O)ccc(C)c1C. The molecule has 0 radical (unpaired) electrons. The molecule has 2 rings (SSSR count). The molecule has 0 aromatic heterocycles. The number of carbonyl (C=O) groups is 2. The third-order valence-corrected chi connectivity index (χ3v) is 6.57. The zero-order valence-electron chi connectivity index (χ0n) is 21.8. The van der Waals surface area contributed by atoms with Crippen LogP contribution in [-0.2, 0) is 0 Å². The number of aromatic carboxylic acids is 1. The molecule has 2 N–H and O–H groups in total. The summed E-state index contributed by atoms with van der Waals surface area (Å²) in [5, 5.41) is 12.3. The quantitative estimate of drug-likeness (QED) is 0.223. The normalized spacial score (nSPS) is 10.8. The van der Waals surface area contributed by atoms with Gasteiger partial charge in [0.25, 0.3) is 5.91 Å². The molecule has 1 amide bonds. The van der Waals surface area contributed by atoms with Gasteiger partial charge in [0.2, 0.25) is 0 Å². The highest BCUT2D eigenvalue weighted by Crippen LogP contribution is 2.32. The van der Waals surface area contributed by atoms with Crippen molar-refractivity contribution in [1.82, 2.24) is 0 Å². The third kappa shape index (κ3) is 9.75. The van der Waals surface area contributed by atoms with Crippen LogP contribution in [0.4, 0.5) is 5.69 Å². The third-order valence-electron chi connectivity index (χ3n) is 6.57. The Morgan fingerprint density at radius 2 is 1.31 bits per heavy atom. The summed E-state index contributed by atoms with van der Waals surface area (Å²) >= 11 is 0. The summed E-state index contributed by atoms with van der Waals surface area (Å²) in [6, 6.07) is 9.98. The molecule has 2 aromatic rings. The number of hydrogen-bond donors (Lipinski definition) is 2. The maximum Gasteiger partial charge on any atom is 0.336 e. The fraction of sp³-hybridized carbons (Fsp3) is 0.533. The fourth-order valence-corrected chi connectivity index (χ4v) is 4.25. The van der Waals surface area contributed by atoms with Crippen LogP contribution in [-0.4, -0.2) is 23.6 Å². The maximum atomic E-state index is 12.8. The number of carboxylic acids is 1. The van der Waals surface area contributed by atoms with Crippen molar-refractivity contribution in [2.24, 2.45) is 0 Å². The zero-order chi connectivity index (χ0) is 25.5. The number of carboxylic acid groups (broad SMARTS) is 1. The molecule has 5 nitrogen and oxygen atoms in total. The number of aryl methyl sites for hydroxylation is 1. The van der Waals surface area contributed by atoms with E-state index in [1.165, 1.54) is 76.3 Å². The molecule has 35 heavy (non-hydrogen) atoms. The molecule has 0 fully saturated rings. The maximum absolute atomic E-state index is 12.8. The van der Waals surface area contributed by atoms with E-state index in [1.807, 2.05) is 26.0 Å². The molecule has 5 heteroatoms. The Hall–Kier alpha value is -2.82. The van der Waals surface area contributed by atoms with Gasteiger partial charge in [-0.25, -0.2) is 4.79 Å². The lowest BCUT2D eigenvalue weighted by atomic mass is 10.0. The van der Waals surface area contributed by atoms with E-state index in [-0.39, 0.29) is 11.1 Å². The second-order valence-electron chi connectivity index (χ2n) is 9.43. The highest BCUT2D eigenvalue weighted by atomic mass is 16.5. The number of nitrogens with one attached hydrogen (secondary N) is 1. The van der Waals surface area contributed by atoms with Crippen molar-refractivity contribution < 1.29 is 19.4 Å². The Balaban J connectivity index is 1.79. The minimum atomic E-state index is -1.13. The van der Waals surface area contributed by atoms with E-state index in [1.54, 1.807) is 12.1 Å². The van der Waals surface area contributed by atoms with E-state index in [4.69, 9.17) is 4.74 Å². The Bertz CT molecular complexity index is 938. The van der Waals surface area contributed by atoms with Crippen molar-refractivity contribution in [2.75, 3.05) is 11.9 Å². The van der Waals surface area contributed by atoms with Gasteiger partial charge in [0.05, 0.1) is 23.4 Å². The smallest absolute Gasteiger partial charge is 0.336 e. The van der Waals surface area contributed by atoms with E-state index in [2.05, 4.69) is 12.2 Å². The number of carbonyl (C=O) groups excluding carboxylic acids is 1. The Morgan fingerprint density at radius 3 is 1.89 bits per heavy atom. The van der Waals surface area contributed by atoms with Gasteiger partial charge in [-0.2, -0.15) is 0 Å². The summed E-state index contributed by atoms with van der Waals surface area (Å²) in [6.07, 6.45) is 15.5. The van der Waals surface area contributed by atoms with E-state index < -0.39 is 11.9 Å². The van der Waals surface area contributed by atoms with Gasteiger partial charge >= 0.3 is 5.97 Å². The highest BCUT2D eigenvalue weighted by molar-refractivity contribution is 6.11. The van der Waals surface area contributed by atoms with Crippen molar-refractivity contribution in [1.29, 1.82) is 0 Å². The van der Waals surface area contributed by atoms with E-state index in [0.717, 1.165) is 24.0 Å². The van der Waals surface area contributed by atoms with Crippen LogP contribution in [0.15, 0.2) is 36.4 Å². The molecule has 0 unspecified atom stereocenters. The largest absolute Gasteiger partial charge is 0.491 e. The number of ether oxygens (including phenoxy) is 1. The summed E-state index contributed by atoms with van der Waals surface area (Å²) in [6.45, 7) is 6.84. The van der Waals surface area contributed by atoms with E-state index in [9.17, 15) is 14.7 Å². The minimum Gasteiger partial charge on any atom is -0.491 e. The molecule has 0 atom stereocenters. The van der Waals surface area contributed by atoms with Gasteiger partial charge in [0, 0.05) is 0 Å². The Morgan fingerprint density at radius 1 is 0.771 bits per heavy atom. The molecule has 0 aliphatic rings. The van der Waals surface area contributed by atoms with Crippen LogP contribution in [0, 0.1) is 13.8 Å². The van der Waals surface area contributed by atoms with Gasteiger partial charge in [-0.15, -0.1) is 0 Å². The molecular formula is C30H43NO4. The number of rotatable bonds is 17. The van der Waals surface area contributed by atoms with Gasteiger partial charge < -0.3 is 15.2 Å². The second-order valence-corrected chi connectivity index (χ2v) is 9.43. The fourth-order valence-electron chi connectivity index (χ4n) is 4.25. The minimum absolute atomic E-state index is 0.0206. The van der Waals surface area contributed by atoms with Crippen molar-refractivity contribution in [3.8, 4) is 5.75 Å². The van der Waals surface area contributed by atoms with E-state index >= 15 is 0 Å². The number of amides is 1. The first-order chi connectivity index (χ1) is 17.0. The summed E-state index contributed by atoms with van der Waals surface area (Å²) in [5.41, 5.74) is 2.74. The molecule has 0 aliphatic heterocycles. The van der Waals surface area contributed by atoms with Crippen molar-refractivity contribution >= 4 is 17.6 Å². The monoisotopic (exact) mass is 481 g/mol. The van der Waals surface area contributed by atoms with Crippen LogP contribution < -0.4 is 10.1 Å². The Kier molecular flexibility index (Phi) is 13.0. The first-order valence-electron chi connectivity index (χ1n) is 13.3. The second kappa shape index (κ2) is 16.0. The summed E-state index contributed by atoms with van der Waals surface area (Å²) in [5.74, 6) is -0.921. The van der Waals surface area contributed by atoms with Crippen LogP contribution in [0.1, 0.15) is 116 Å². The lowest BCUT2D eigenvalue weighted by Gasteiger charge is -2.17. The standard InChI is InChI=1S/C30H43NO4/c1-4-5-6-7-8-9-10-11-12-13-14-17-22-35-28-24(3)23(2)20-21-27(28)31-29(32)25-18-15-16-19-26(25)30(33)34/h15-16,18-21H,4-14,17,22H2,1-3H3,(H,31,32)(H,33,34). The van der Waals surface area contributed by atoms with Crippen LogP contribution >= 0.6 is 0 Å². The Labute approximate surface area is 211 Å². The average molecular weight is 482 g/mol. The number of hydrogen-bond acceptors (Lipinski definition) is 3. The molecule has 0 heterocycles. The van der Waals surface area contributed by atoms with Crippen LogP contribution in [0.25, 0.3) is 0 Å². The van der Waals surface area contributed by atoms with Crippen LogP contribution in [0.3, 0.4) is 0 Å². The first-order valence-corrected chi connectivity index (χ1v) is 13.3. The molecule has 0 spiro atoms. The average Bonchev–Trinajstić information content (AvgIpc) is 2.85. The predicted octanol–water partition coefficient (Wildman–Crippen LogP) is 8.33. The van der Waals surface area contributed by atoms with E-state index in [0.29, 0.717) is 18.0 Å². The molecule has 0 saturated heterocycles. The summed E-state index contributed by atoms with van der Waals surface area (Å²) in [4.78, 5) is 24.3. The number of unbranched alkanes of at least 4 members (excludes halogenated alkanes) is 11. The van der Waals surface area contributed by atoms with Gasteiger partial charge in [0.1, 0.15) is 5.75 Å².